The number of carboxylic acids is 1. The van der Waals surface area contributed by atoms with E-state index < -0.39 is 17.5 Å². The van der Waals surface area contributed by atoms with Gasteiger partial charge < -0.3 is 19.0 Å². The third kappa shape index (κ3) is 5.41. The summed E-state index contributed by atoms with van der Waals surface area (Å²) in [6.45, 7) is 10.2. The molecule has 0 fully saturated rings. The van der Waals surface area contributed by atoms with Crippen molar-refractivity contribution in [3.63, 3.8) is 0 Å². The van der Waals surface area contributed by atoms with Crippen LogP contribution >= 0.6 is 0 Å². The topological polar surface area (TPSA) is 94.7 Å². The Labute approximate surface area is 182 Å². The van der Waals surface area contributed by atoms with Crippen LogP contribution in [0.4, 0.5) is 0 Å². The van der Waals surface area contributed by atoms with Gasteiger partial charge in [-0.3, -0.25) is 0 Å². The lowest BCUT2D eigenvalue weighted by Gasteiger charge is -2.28. The van der Waals surface area contributed by atoms with E-state index in [0.717, 1.165) is 22.9 Å². The minimum atomic E-state index is -0.963. The third-order valence-electron chi connectivity index (χ3n) is 5.07. The molecule has 2 aromatic heterocycles. The van der Waals surface area contributed by atoms with Crippen LogP contribution in [-0.2, 0) is 16.0 Å². The van der Waals surface area contributed by atoms with E-state index >= 15 is 0 Å². The van der Waals surface area contributed by atoms with Crippen molar-refractivity contribution in [3.05, 3.63) is 42.4 Å². The lowest BCUT2D eigenvalue weighted by Crippen LogP contribution is -2.38. The molecule has 2 heterocycles. The van der Waals surface area contributed by atoms with Crippen LogP contribution in [0.1, 0.15) is 40.2 Å². The van der Waals surface area contributed by atoms with Gasteiger partial charge in [0.1, 0.15) is 18.0 Å². The summed E-state index contributed by atoms with van der Waals surface area (Å²) in [6, 6.07) is 8.28. The van der Waals surface area contributed by atoms with Crippen molar-refractivity contribution < 1.29 is 23.8 Å². The highest BCUT2D eigenvalue weighted by Gasteiger charge is 2.32. The van der Waals surface area contributed by atoms with E-state index in [1.165, 1.54) is 11.9 Å². The Bertz CT molecular complexity index is 1020. The number of furan rings is 1. The first kappa shape index (κ1) is 22.7. The van der Waals surface area contributed by atoms with Crippen molar-refractivity contribution in [2.24, 2.45) is 11.3 Å². The van der Waals surface area contributed by atoms with Crippen LogP contribution in [0.15, 0.2) is 41.3 Å². The first-order valence-electron chi connectivity index (χ1n) is 10.5. The number of benzene rings is 1. The van der Waals surface area contributed by atoms with Gasteiger partial charge in [0.25, 0.3) is 0 Å². The minimum absolute atomic E-state index is 0.0339. The van der Waals surface area contributed by atoms with Crippen LogP contribution in [0.25, 0.3) is 22.2 Å². The number of aryl methyl sites for hydroxylation is 1. The number of aromatic nitrogens is 2. The molecule has 7 heteroatoms. The fraction of sp³-hybridized carbons (Fsp3) is 0.458. The Kier molecular flexibility index (Phi) is 6.95. The molecule has 1 unspecified atom stereocenters. The molecule has 0 spiro atoms. The summed E-state index contributed by atoms with van der Waals surface area (Å²) >= 11 is 0. The number of nitrogens with zero attached hydrogens (tertiary/aromatic N) is 2. The molecule has 166 valence electrons. The zero-order valence-corrected chi connectivity index (χ0v) is 18.7. The van der Waals surface area contributed by atoms with Gasteiger partial charge in [0, 0.05) is 11.5 Å². The number of rotatable bonds is 9. The summed E-state index contributed by atoms with van der Waals surface area (Å²) in [5.41, 5.74) is 3.09. The van der Waals surface area contributed by atoms with Gasteiger partial charge in [0.2, 0.25) is 11.6 Å². The third-order valence-corrected chi connectivity index (χ3v) is 5.07. The fourth-order valence-corrected chi connectivity index (χ4v) is 3.31. The van der Waals surface area contributed by atoms with Crippen molar-refractivity contribution in [3.8, 4) is 17.0 Å². The number of hydrogen-bond donors (Lipinski definition) is 1. The Morgan fingerprint density at radius 1 is 1.16 bits per heavy atom. The number of aliphatic carboxylic acids is 1. The van der Waals surface area contributed by atoms with Gasteiger partial charge in [-0.25, -0.2) is 14.8 Å². The number of carbonyl (C=O) groups is 1. The molecule has 0 bridgehead atoms. The second-order valence-electron chi connectivity index (χ2n) is 8.89. The van der Waals surface area contributed by atoms with E-state index in [2.05, 4.69) is 41.2 Å². The zero-order chi connectivity index (χ0) is 22.6. The zero-order valence-electron chi connectivity index (χ0n) is 18.7. The number of ether oxygens (including phenoxy) is 2. The van der Waals surface area contributed by atoms with E-state index in [9.17, 15) is 9.90 Å². The van der Waals surface area contributed by atoms with Crippen molar-refractivity contribution >= 4 is 17.1 Å². The standard InChI is InChI=1S/C24H30N2O5/c1-6-16-7-9-17(10-8-16)18-13-31-22-19(18)21(25-14-26-22)30-12-15(2)11-29-20(23(27)28)24(3,4)5/h7-10,13-15,20H,6,11-12H2,1-5H3,(H,27,28)/t15-,20?/m1/s1. The highest BCUT2D eigenvalue weighted by Crippen LogP contribution is 2.35. The summed E-state index contributed by atoms with van der Waals surface area (Å²) in [7, 11) is 0. The van der Waals surface area contributed by atoms with Crippen molar-refractivity contribution in [2.45, 2.75) is 47.1 Å². The molecule has 1 aromatic carbocycles. The molecular weight excluding hydrogens is 396 g/mol. The molecule has 1 N–H and O–H groups in total. The van der Waals surface area contributed by atoms with Crippen LogP contribution in [0, 0.1) is 11.3 Å². The molecule has 0 aliphatic heterocycles. The van der Waals surface area contributed by atoms with Crippen molar-refractivity contribution in [2.75, 3.05) is 13.2 Å². The van der Waals surface area contributed by atoms with Gasteiger partial charge in [-0.15, -0.1) is 0 Å². The average Bonchev–Trinajstić information content (AvgIpc) is 3.16. The smallest absolute Gasteiger partial charge is 0.333 e. The maximum absolute atomic E-state index is 11.5. The van der Waals surface area contributed by atoms with Crippen LogP contribution in [0.3, 0.4) is 0 Å². The number of fused-ring (bicyclic) bond motifs is 1. The molecule has 0 aliphatic rings. The van der Waals surface area contributed by atoms with Crippen LogP contribution in [0.2, 0.25) is 0 Å². The molecular formula is C24H30N2O5. The summed E-state index contributed by atoms with van der Waals surface area (Å²) in [4.78, 5) is 20.0. The Morgan fingerprint density at radius 2 is 1.87 bits per heavy atom. The molecule has 31 heavy (non-hydrogen) atoms. The predicted molar refractivity (Wildman–Crippen MR) is 118 cm³/mol. The maximum atomic E-state index is 11.5. The minimum Gasteiger partial charge on any atom is -0.479 e. The van der Waals surface area contributed by atoms with Gasteiger partial charge in [0.05, 0.1) is 13.2 Å². The Hall–Kier alpha value is -2.93. The van der Waals surface area contributed by atoms with E-state index in [4.69, 9.17) is 13.9 Å². The Morgan fingerprint density at radius 3 is 2.48 bits per heavy atom. The maximum Gasteiger partial charge on any atom is 0.333 e. The number of carboxylic acid groups (broad SMARTS) is 1. The van der Waals surface area contributed by atoms with Gasteiger partial charge in [-0.05, 0) is 23.0 Å². The van der Waals surface area contributed by atoms with E-state index in [-0.39, 0.29) is 12.5 Å². The van der Waals surface area contributed by atoms with E-state index in [1.54, 1.807) is 6.26 Å². The van der Waals surface area contributed by atoms with Crippen LogP contribution < -0.4 is 4.74 Å². The highest BCUT2D eigenvalue weighted by atomic mass is 16.5. The quantitative estimate of drug-likeness (QED) is 0.515. The predicted octanol–water partition coefficient (Wildman–Crippen LogP) is 4.98. The van der Waals surface area contributed by atoms with E-state index in [1.807, 2.05) is 27.7 Å². The SMILES string of the molecule is CCc1ccc(-c2coc3ncnc(OC[C@H](C)COC(C(=O)O)C(C)(C)C)c23)cc1. The van der Waals surface area contributed by atoms with Gasteiger partial charge in [-0.2, -0.15) is 0 Å². The molecule has 0 saturated carbocycles. The molecule has 0 saturated heterocycles. The first-order valence-corrected chi connectivity index (χ1v) is 10.5. The second kappa shape index (κ2) is 9.47. The second-order valence-corrected chi connectivity index (χ2v) is 8.89. The average molecular weight is 427 g/mol. The molecule has 0 amide bonds. The molecule has 0 radical (unpaired) electrons. The van der Waals surface area contributed by atoms with Crippen molar-refractivity contribution in [1.29, 1.82) is 0 Å². The molecule has 7 nitrogen and oxygen atoms in total. The summed E-state index contributed by atoms with van der Waals surface area (Å²) in [5, 5.41) is 10.1. The van der Waals surface area contributed by atoms with Crippen molar-refractivity contribution in [1.82, 2.24) is 9.97 Å². The van der Waals surface area contributed by atoms with Gasteiger partial charge >= 0.3 is 5.97 Å². The van der Waals surface area contributed by atoms with E-state index in [0.29, 0.717) is 18.2 Å². The lowest BCUT2D eigenvalue weighted by molar-refractivity contribution is -0.159. The summed E-state index contributed by atoms with van der Waals surface area (Å²) in [6.07, 6.45) is 3.17. The fourth-order valence-electron chi connectivity index (χ4n) is 3.31. The first-order chi connectivity index (χ1) is 14.7. The molecule has 2 atom stereocenters. The lowest BCUT2D eigenvalue weighted by atomic mass is 9.89. The summed E-state index contributed by atoms with van der Waals surface area (Å²) < 4.78 is 17.3. The molecule has 3 aromatic rings. The van der Waals surface area contributed by atoms with Gasteiger partial charge in [0.15, 0.2) is 6.10 Å². The van der Waals surface area contributed by atoms with Crippen LogP contribution in [-0.4, -0.2) is 40.4 Å². The molecule has 0 aliphatic carbocycles. The molecule has 3 rings (SSSR count). The van der Waals surface area contributed by atoms with Gasteiger partial charge in [-0.1, -0.05) is 58.9 Å². The monoisotopic (exact) mass is 426 g/mol. The van der Waals surface area contributed by atoms with Crippen LogP contribution in [0.5, 0.6) is 5.88 Å². The Balaban J connectivity index is 1.73. The largest absolute Gasteiger partial charge is 0.479 e. The number of hydrogen-bond acceptors (Lipinski definition) is 6. The normalized spacial score (nSPS) is 13.8. The highest BCUT2D eigenvalue weighted by molar-refractivity contribution is 5.95. The summed E-state index contributed by atoms with van der Waals surface area (Å²) in [5.74, 6) is -0.561.